The predicted octanol–water partition coefficient (Wildman–Crippen LogP) is 6.49. The van der Waals surface area contributed by atoms with Crippen molar-refractivity contribution in [3.63, 3.8) is 0 Å². The van der Waals surface area contributed by atoms with Gasteiger partial charge in [-0.25, -0.2) is 0 Å². The maximum Gasteiger partial charge on any atom is 0.234 e. The average Bonchev–Trinajstić information content (AvgIpc) is 3.25. The van der Waals surface area contributed by atoms with Crippen LogP contribution in [0, 0.1) is 0 Å². The van der Waals surface area contributed by atoms with Gasteiger partial charge in [0.2, 0.25) is 5.91 Å². The van der Waals surface area contributed by atoms with Gasteiger partial charge in [0.15, 0.2) is 11.0 Å². The highest BCUT2D eigenvalue weighted by atomic mass is 35.5. The fraction of sp³-hybridized carbons (Fsp3) is 0.167. The Kier molecular flexibility index (Phi) is 7.33. The SMILES string of the molecule is CC(C)c1ccccc1-n1c(SCC(=O)Nc2cccc(Cl)c2Cl)nnc1-c1cccnc1. The van der Waals surface area contributed by atoms with Crippen LogP contribution in [0.5, 0.6) is 0 Å². The van der Waals surface area contributed by atoms with E-state index < -0.39 is 0 Å². The normalized spacial score (nSPS) is 11.1. The van der Waals surface area contributed by atoms with Gasteiger partial charge in [0, 0.05) is 18.0 Å². The lowest BCUT2D eigenvalue weighted by atomic mass is 10.0. The van der Waals surface area contributed by atoms with Crippen LogP contribution in [0.1, 0.15) is 25.3 Å². The monoisotopic (exact) mass is 497 g/mol. The summed E-state index contributed by atoms with van der Waals surface area (Å²) in [6.07, 6.45) is 3.47. The summed E-state index contributed by atoms with van der Waals surface area (Å²) in [5.41, 5.74) is 3.43. The van der Waals surface area contributed by atoms with Crippen molar-refractivity contribution in [2.24, 2.45) is 0 Å². The summed E-state index contributed by atoms with van der Waals surface area (Å²) in [6, 6.07) is 17.0. The fourth-order valence-electron chi connectivity index (χ4n) is 3.36. The van der Waals surface area contributed by atoms with Crippen molar-refractivity contribution < 1.29 is 4.79 Å². The molecular formula is C24H21Cl2N5OS. The zero-order valence-corrected chi connectivity index (χ0v) is 20.3. The molecule has 0 saturated carbocycles. The van der Waals surface area contributed by atoms with E-state index in [9.17, 15) is 4.79 Å². The topological polar surface area (TPSA) is 72.7 Å². The maximum absolute atomic E-state index is 12.6. The molecule has 0 bridgehead atoms. The Morgan fingerprint density at radius 2 is 1.88 bits per heavy atom. The summed E-state index contributed by atoms with van der Waals surface area (Å²) < 4.78 is 1.98. The van der Waals surface area contributed by atoms with E-state index in [2.05, 4.69) is 40.4 Å². The lowest BCUT2D eigenvalue weighted by molar-refractivity contribution is -0.113. The number of thioether (sulfide) groups is 1. The third-order valence-electron chi connectivity index (χ3n) is 4.91. The number of para-hydroxylation sites is 1. The van der Waals surface area contributed by atoms with E-state index in [0.29, 0.717) is 26.7 Å². The molecule has 1 amide bonds. The van der Waals surface area contributed by atoms with Crippen LogP contribution in [0.25, 0.3) is 17.1 Å². The Labute approximate surface area is 206 Å². The molecule has 4 rings (SSSR count). The molecule has 0 spiro atoms. The Hall–Kier alpha value is -2.87. The van der Waals surface area contributed by atoms with Gasteiger partial charge in [0.05, 0.1) is 27.2 Å². The molecule has 2 aromatic carbocycles. The number of anilines is 1. The number of hydrogen-bond donors (Lipinski definition) is 1. The van der Waals surface area contributed by atoms with Crippen LogP contribution < -0.4 is 5.32 Å². The van der Waals surface area contributed by atoms with Crippen molar-refractivity contribution in [1.82, 2.24) is 19.7 Å². The predicted molar refractivity (Wildman–Crippen MR) is 134 cm³/mol. The third-order valence-corrected chi connectivity index (χ3v) is 6.66. The molecule has 1 N–H and O–H groups in total. The number of benzene rings is 2. The molecule has 0 aliphatic heterocycles. The number of carbonyl (C=O) groups excluding carboxylic acids is 1. The van der Waals surface area contributed by atoms with Crippen LogP contribution in [-0.2, 0) is 4.79 Å². The average molecular weight is 498 g/mol. The lowest BCUT2D eigenvalue weighted by Crippen LogP contribution is -2.15. The number of halogens is 2. The lowest BCUT2D eigenvalue weighted by Gasteiger charge is -2.17. The van der Waals surface area contributed by atoms with Crippen LogP contribution in [0.3, 0.4) is 0 Å². The van der Waals surface area contributed by atoms with Crippen LogP contribution in [0.2, 0.25) is 10.0 Å². The second-order valence-electron chi connectivity index (χ2n) is 7.54. The quantitative estimate of drug-likeness (QED) is 0.295. The minimum absolute atomic E-state index is 0.123. The summed E-state index contributed by atoms with van der Waals surface area (Å²) in [6.45, 7) is 4.28. The molecule has 0 aliphatic carbocycles. The second-order valence-corrected chi connectivity index (χ2v) is 9.26. The third kappa shape index (κ3) is 5.21. The molecule has 2 heterocycles. The Balaban J connectivity index is 1.66. The number of pyridine rings is 1. The van der Waals surface area contributed by atoms with Gasteiger partial charge < -0.3 is 5.32 Å². The van der Waals surface area contributed by atoms with Gasteiger partial charge in [-0.05, 0) is 41.8 Å². The number of hydrogen-bond acceptors (Lipinski definition) is 5. The Morgan fingerprint density at radius 1 is 1.06 bits per heavy atom. The molecule has 0 atom stereocenters. The van der Waals surface area contributed by atoms with Gasteiger partial charge >= 0.3 is 0 Å². The van der Waals surface area contributed by atoms with Crippen molar-refractivity contribution in [2.75, 3.05) is 11.1 Å². The van der Waals surface area contributed by atoms with E-state index in [1.165, 1.54) is 11.8 Å². The van der Waals surface area contributed by atoms with Gasteiger partial charge in [0.25, 0.3) is 0 Å². The zero-order chi connectivity index (χ0) is 23.4. The first-order valence-electron chi connectivity index (χ1n) is 10.3. The molecule has 9 heteroatoms. The summed E-state index contributed by atoms with van der Waals surface area (Å²) in [7, 11) is 0. The first-order chi connectivity index (χ1) is 16.0. The van der Waals surface area contributed by atoms with Crippen molar-refractivity contribution >= 4 is 46.6 Å². The van der Waals surface area contributed by atoms with Crippen molar-refractivity contribution in [2.45, 2.75) is 24.9 Å². The highest BCUT2D eigenvalue weighted by Crippen LogP contribution is 2.33. The van der Waals surface area contributed by atoms with Crippen molar-refractivity contribution in [1.29, 1.82) is 0 Å². The highest BCUT2D eigenvalue weighted by Gasteiger charge is 2.20. The largest absolute Gasteiger partial charge is 0.324 e. The van der Waals surface area contributed by atoms with Crippen LogP contribution in [0.4, 0.5) is 5.69 Å². The standard InChI is InChI=1S/C24H21Cl2N5OS/c1-15(2)17-8-3-4-11-20(17)31-23(16-7-6-12-27-13-16)29-30-24(31)33-14-21(32)28-19-10-5-9-18(25)22(19)26/h3-13,15H,14H2,1-2H3,(H,28,32). The zero-order valence-electron chi connectivity index (χ0n) is 18.0. The highest BCUT2D eigenvalue weighted by molar-refractivity contribution is 7.99. The van der Waals surface area contributed by atoms with E-state index in [1.54, 1.807) is 30.6 Å². The summed E-state index contributed by atoms with van der Waals surface area (Å²) in [5.74, 6) is 0.852. The second kappa shape index (κ2) is 10.4. The molecule has 0 aliphatic rings. The van der Waals surface area contributed by atoms with Gasteiger partial charge in [-0.3, -0.25) is 14.3 Å². The summed E-state index contributed by atoms with van der Waals surface area (Å²) in [4.78, 5) is 16.9. The molecule has 0 radical (unpaired) electrons. The molecule has 0 fully saturated rings. The van der Waals surface area contributed by atoms with E-state index >= 15 is 0 Å². The Morgan fingerprint density at radius 3 is 2.64 bits per heavy atom. The van der Waals surface area contributed by atoms with Gasteiger partial charge in [-0.1, -0.05) is 73.1 Å². The van der Waals surface area contributed by atoms with Crippen LogP contribution in [0.15, 0.2) is 72.1 Å². The molecule has 33 heavy (non-hydrogen) atoms. The smallest absolute Gasteiger partial charge is 0.234 e. The van der Waals surface area contributed by atoms with E-state index in [4.69, 9.17) is 23.2 Å². The van der Waals surface area contributed by atoms with Crippen molar-refractivity contribution in [3.8, 4) is 17.1 Å². The van der Waals surface area contributed by atoms with Gasteiger partial charge in [-0.15, -0.1) is 10.2 Å². The minimum Gasteiger partial charge on any atom is -0.324 e. The molecule has 6 nitrogen and oxygen atoms in total. The van der Waals surface area contributed by atoms with Gasteiger partial charge in [0.1, 0.15) is 0 Å². The summed E-state index contributed by atoms with van der Waals surface area (Å²) in [5, 5.41) is 12.9. The first kappa shape index (κ1) is 23.3. The molecule has 0 unspecified atom stereocenters. The maximum atomic E-state index is 12.6. The van der Waals surface area contributed by atoms with E-state index in [0.717, 1.165) is 16.8 Å². The molecule has 168 valence electrons. The van der Waals surface area contributed by atoms with E-state index in [-0.39, 0.29) is 17.6 Å². The van der Waals surface area contributed by atoms with Crippen molar-refractivity contribution in [3.05, 3.63) is 82.6 Å². The number of nitrogens with one attached hydrogen (secondary N) is 1. The molecule has 4 aromatic rings. The molecule has 2 aromatic heterocycles. The van der Waals surface area contributed by atoms with Crippen LogP contribution >= 0.6 is 35.0 Å². The van der Waals surface area contributed by atoms with Crippen LogP contribution in [-0.4, -0.2) is 31.4 Å². The Bertz CT molecular complexity index is 1280. The number of carbonyl (C=O) groups is 1. The fourth-order valence-corrected chi connectivity index (χ4v) is 4.45. The minimum atomic E-state index is -0.223. The number of amides is 1. The number of rotatable bonds is 7. The summed E-state index contributed by atoms with van der Waals surface area (Å²) >= 11 is 13.5. The number of aromatic nitrogens is 4. The van der Waals surface area contributed by atoms with Gasteiger partial charge in [-0.2, -0.15) is 0 Å². The van der Waals surface area contributed by atoms with E-state index in [1.807, 2.05) is 34.9 Å². The number of nitrogens with zero attached hydrogens (tertiary/aromatic N) is 4. The molecular weight excluding hydrogens is 477 g/mol. The molecule has 0 saturated heterocycles. The first-order valence-corrected chi connectivity index (χ1v) is 12.0.